The standard InChI is InChI=1S/C15H12ClFN2O2/c1-9(11-4-2-3-5-13(11)17)18-19-14-8-10(15(20)21)6-7-12(14)16/h2-8,19H,1H3,(H,20,21)/p-1/b18-9-. The van der Waals surface area contributed by atoms with Gasteiger partial charge in [0, 0.05) is 5.56 Å². The fourth-order valence-corrected chi connectivity index (χ4v) is 1.86. The molecule has 6 heteroatoms. The molecule has 2 aromatic rings. The lowest BCUT2D eigenvalue weighted by molar-refractivity contribution is -0.255. The molecule has 0 spiro atoms. The number of carbonyl (C=O) groups is 1. The van der Waals surface area contributed by atoms with Crippen LogP contribution in [-0.4, -0.2) is 11.7 Å². The molecule has 0 unspecified atom stereocenters. The lowest BCUT2D eigenvalue weighted by Crippen LogP contribution is -2.22. The fourth-order valence-electron chi connectivity index (χ4n) is 1.70. The normalized spacial score (nSPS) is 11.3. The number of hydrogen-bond donors (Lipinski definition) is 1. The summed E-state index contributed by atoms with van der Waals surface area (Å²) >= 11 is 5.94. The predicted molar refractivity (Wildman–Crippen MR) is 78.0 cm³/mol. The van der Waals surface area contributed by atoms with Gasteiger partial charge in [0.1, 0.15) is 5.82 Å². The van der Waals surface area contributed by atoms with Crippen molar-refractivity contribution < 1.29 is 14.3 Å². The van der Waals surface area contributed by atoms with Crippen LogP contribution >= 0.6 is 11.6 Å². The van der Waals surface area contributed by atoms with Crippen molar-refractivity contribution in [3.05, 3.63) is 64.4 Å². The maximum atomic E-state index is 13.6. The van der Waals surface area contributed by atoms with Gasteiger partial charge in [0.05, 0.1) is 22.4 Å². The van der Waals surface area contributed by atoms with Crippen LogP contribution in [0.3, 0.4) is 0 Å². The highest BCUT2D eigenvalue weighted by Crippen LogP contribution is 2.23. The van der Waals surface area contributed by atoms with Crippen molar-refractivity contribution in [3.8, 4) is 0 Å². The summed E-state index contributed by atoms with van der Waals surface area (Å²) < 4.78 is 13.6. The lowest BCUT2D eigenvalue weighted by Gasteiger charge is -2.09. The number of rotatable bonds is 4. The highest BCUT2D eigenvalue weighted by Gasteiger charge is 2.05. The third-order valence-corrected chi connectivity index (χ3v) is 3.14. The number of hydrazone groups is 1. The van der Waals surface area contributed by atoms with Crippen molar-refractivity contribution in [2.45, 2.75) is 6.92 Å². The fraction of sp³-hybridized carbons (Fsp3) is 0.0667. The molecule has 4 nitrogen and oxygen atoms in total. The maximum absolute atomic E-state index is 13.6. The number of nitrogens with zero attached hydrogens (tertiary/aromatic N) is 1. The summed E-state index contributed by atoms with van der Waals surface area (Å²) in [5, 5.41) is 15.1. The average molecular weight is 306 g/mol. The smallest absolute Gasteiger partial charge is 0.132 e. The molecule has 0 aromatic heterocycles. The van der Waals surface area contributed by atoms with Crippen LogP contribution in [-0.2, 0) is 0 Å². The van der Waals surface area contributed by atoms with Crippen LogP contribution < -0.4 is 10.5 Å². The second-order valence-electron chi connectivity index (χ2n) is 4.27. The Morgan fingerprint density at radius 2 is 2.00 bits per heavy atom. The van der Waals surface area contributed by atoms with E-state index in [0.29, 0.717) is 22.0 Å². The highest BCUT2D eigenvalue weighted by atomic mass is 35.5. The molecule has 0 fully saturated rings. The van der Waals surface area contributed by atoms with Gasteiger partial charge < -0.3 is 9.90 Å². The molecule has 0 radical (unpaired) electrons. The molecule has 0 amide bonds. The van der Waals surface area contributed by atoms with Gasteiger partial charge in [-0.1, -0.05) is 35.9 Å². The number of benzene rings is 2. The summed E-state index contributed by atoms with van der Waals surface area (Å²) in [5.74, 6) is -1.71. The van der Waals surface area contributed by atoms with Crippen LogP contribution in [0, 0.1) is 5.82 Å². The second kappa shape index (κ2) is 6.37. The molecule has 0 saturated heterocycles. The Labute approximate surface area is 125 Å². The number of anilines is 1. The van der Waals surface area contributed by atoms with Gasteiger partial charge in [-0.05, 0) is 30.7 Å². The molecule has 0 aliphatic rings. The van der Waals surface area contributed by atoms with Crippen molar-refractivity contribution in [3.63, 3.8) is 0 Å². The van der Waals surface area contributed by atoms with Gasteiger partial charge in [-0.2, -0.15) is 5.10 Å². The van der Waals surface area contributed by atoms with Gasteiger partial charge in [0.2, 0.25) is 0 Å². The number of carboxylic acid groups (broad SMARTS) is 1. The summed E-state index contributed by atoms with van der Waals surface area (Å²) in [5.41, 5.74) is 3.65. The van der Waals surface area contributed by atoms with Gasteiger partial charge in [-0.3, -0.25) is 5.43 Å². The third-order valence-electron chi connectivity index (χ3n) is 2.81. The summed E-state index contributed by atoms with van der Waals surface area (Å²) in [7, 11) is 0. The van der Waals surface area contributed by atoms with Gasteiger partial charge in [0.25, 0.3) is 0 Å². The molecule has 0 aliphatic heterocycles. The van der Waals surface area contributed by atoms with E-state index < -0.39 is 11.8 Å². The number of nitrogens with one attached hydrogen (secondary N) is 1. The summed E-state index contributed by atoms with van der Waals surface area (Å²) in [6.07, 6.45) is 0. The molecule has 108 valence electrons. The first-order chi connectivity index (χ1) is 9.99. The van der Waals surface area contributed by atoms with Crippen LogP contribution in [0.5, 0.6) is 0 Å². The quantitative estimate of drug-likeness (QED) is 0.697. The highest BCUT2D eigenvalue weighted by molar-refractivity contribution is 6.33. The molecule has 0 aliphatic carbocycles. The van der Waals surface area contributed by atoms with Crippen molar-refractivity contribution in [1.29, 1.82) is 0 Å². The first-order valence-corrected chi connectivity index (χ1v) is 6.43. The van der Waals surface area contributed by atoms with Gasteiger partial charge in [-0.25, -0.2) is 4.39 Å². The molecule has 0 heterocycles. The van der Waals surface area contributed by atoms with Crippen molar-refractivity contribution >= 4 is 29.0 Å². The van der Waals surface area contributed by atoms with E-state index in [-0.39, 0.29) is 5.56 Å². The Kier molecular flexibility index (Phi) is 4.55. The zero-order chi connectivity index (χ0) is 15.4. The van der Waals surface area contributed by atoms with Crippen LogP contribution in [0.15, 0.2) is 47.6 Å². The number of hydrogen-bond acceptors (Lipinski definition) is 4. The molecule has 0 bridgehead atoms. The lowest BCUT2D eigenvalue weighted by atomic mass is 10.1. The van der Waals surface area contributed by atoms with E-state index in [1.54, 1.807) is 25.1 Å². The molecule has 21 heavy (non-hydrogen) atoms. The Balaban J connectivity index is 2.26. The van der Waals surface area contributed by atoms with Crippen LogP contribution in [0.2, 0.25) is 5.02 Å². The largest absolute Gasteiger partial charge is 0.545 e. The first kappa shape index (κ1) is 15.0. The average Bonchev–Trinajstić information content (AvgIpc) is 2.46. The van der Waals surface area contributed by atoms with E-state index in [4.69, 9.17) is 11.6 Å². The van der Waals surface area contributed by atoms with E-state index in [2.05, 4.69) is 10.5 Å². The minimum Gasteiger partial charge on any atom is -0.545 e. The summed E-state index contributed by atoms with van der Waals surface area (Å²) in [6, 6.07) is 10.3. The molecular formula is C15H11ClFN2O2-. The number of halogens is 2. The Hall–Kier alpha value is -2.40. The van der Waals surface area contributed by atoms with Gasteiger partial charge >= 0.3 is 0 Å². The number of aromatic carboxylic acids is 1. The third kappa shape index (κ3) is 3.58. The summed E-state index contributed by atoms with van der Waals surface area (Å²) in [4.78, 5) is 10.8. The molecule has 1 N–H and O–H groups in total. The Morgan fingerprint density at radius 3 is 2.67 bits per heavy atom. The molecular weight excluding hydrogens is 295 g/mol. The van der Waals surface area contributed by atoms with Crippen molar-refractivity contribution in [2.24, 2.45) is 5.10 Å². The van der Waals surface area contributed by atoms with Crippen LogP contribution in [0.25, 0.3) is 0 Å². The van der Waals surface area contributed by atoms with E-state index >= 15 is 0 Å². The molecule has 2 aromatic carbocycles. The van der Waals surface area contributed by atoms with E-state index in [1.807, 2.05) is 0 Å². The van der Waals surface area contributed by atoms with Gasteiger partial charge in [-0.15, -0.1) is 0 Å². The monoisotopic (exact) mass is 305 g/mol. The minimum atomic E-state index is -1.32. The van der Waals surface area contributed by atoms with Crippen LogP contribution in [0.1, 0.15) is 22.8 Å². The number of carbonyl (C=O) groups excluding carboxylic acids is 1. The maximum Gasteiger partial charge on any atom is 0.132 e. The Morgan fingerprint density at radius 1 is 1.29 bits per heavy atom. The topological polar surface area (TPSA) is 64.5 Å². The number of carboxylic acids is 1. The van der Waals surface area contributed by atoms with E-state index in [0.717, 1.165) is 0 Å². The zero-order valence-electron chi connectivity index (χ0n) is 11.1. The zero-order valence-corrected chi connectivity index (χ0v) is 11.8. The van der Waals surface area contributed by atoms with Gasteiger partial charge in [0.15, 0.2) is 0 Å². The van der Waals surface area contributed by atoms with E-state index in [1.165, 1.54) is 24.3 Å². The molecule has 2 rings (SSSR count). The molecule has 0 atom stereocenters. The summed E-state index contributed by atoms with van der Waals surface area (Å²) in [6.45, 7) is 1.63. The van der Waals surface area contributed by atoms with Crippen molar-refractivity contribution in [2.75, 3.05) is 5.43 Å². The SMILES string of the molecule is C/C(=N/Nc1cc(C(=O)[O-])ccc1Cl)c1ccccc1F. The van der Waals surface area contributed by atoms with Crippen molar-refractivity contribution in [1.82, 2.24) is 0 Å². The second-order valence-corrected chi connectivity index (χ2v) is 4.68. The Bertz CT molecular complexity index is 717. The minimum absolute atomic E-state index is 0.0272. The molecule has 0 saturated carbocycles. The predicted octanol–water partition coefficient (Wildman–Crippen LogP) is 2.68. The first-order valence-electron chi connectivity index (χ1n) is 6.05. The van der Waals surface area contributed by atoms with Crippen LogP contribution in [0.4, 0.5) is 10.1 Å². The van der Waals surface area contributed by atoms with E-state index in [9.17, 15) is 14.3 Å².